The normalized spacial score (nSPS) is 18.0. The van der Waals surface area contributed by atoms with Crippen molar-refractivity contribution in [1.29, 1.82) is 0 Å². The van der Waals surface area contributed by atoms with E-state index in [0.717, 1.165) is 25.0 Å². The fourth-order valence-corrected chi connectivity index (χ4v) is 4.59. The minimum Gasteiger partial charge on any atom is -0.334 e. The molecule has 2 amide bonds. The van der Waals surface area contributed by atoms with Gasteiger partial charge in [-0.25, -0.2) is 4.68 Å². The molecule has 2 aromatic heterocycles. The van der Waals surface area contributed by atoms with Crippen LogP contribution in [0.2, 0.25) is 0 Å². The second kappa shape index (κ2) is 8.53. The van der Waals surface area contributed by atoms with E-state index in [1.54, 1.807) is 17.1 Å². The highest BCUT2D eigenvalue weighted by atomic mass is 16.2. The number of amides is 2. The average Bonchev–Trinajstić information content (AvgIpc) is 3.48. The van der Waals surface area contributed by atoms with E-state index in [-0.39, 0.29) is 17.9 Å². The topological polar surface area (TPSA) is 84.2 Å². The van der Waals surface area contributed by atoms with Crippen LogP contribution in [0.3, 0.4) is 0 Å². The van der Waals surface area contributed by atoms with Crippen molar-refractivity contribution in [3.8, 4) is 0 Å². The molecule has 1 atom stereocenters. The molecule has 4 heterocycles. The molecule has 0 unspecified atom stereocenters. The van der Waals surface area contributed by atoms with Gasteiger partial charge >= 0.3 is 0 Å². The van der Waals surface area contributed by atoms with E-state index in [1.165, 1.54) is 11.1 Å². The van der Waals surface area contributed by atoms with Gasteiger partial charge < -0.3 is 9.80 Å². The van der Waals surface area contributed by atoms with Gasteiger partial charge in [0.05, 0.1) is 24.3 Å². The SMILES string of the molecule is Cc1ccc(C(=O)N2CCC[C@H]2Cn2cc(C(=O)N3CCc4ccccc4C3)nn2)cn1. The third kappa shape index (κ3) is 4.00. The van der Waals surface area contributed by atoms with Gasteiger partial charge in [0.25, 0.3) is 11.8 Å². The zero-order valence-corrected chi connectivity index (χ0v) is 18.1. The van der Waals surface area contributed by atoms with Crippen LogP contribution >= 0.6 is 0 Å². The van der Waals surface area contributed by atoms with Crippen molar-refractivity contribution in [2.24, 2.45) is 0 Å². The van der Waals surface area contributed by atoms with Gasteiger partial charge in [-0.1, -0.05) is 29.5 Å². The molecule has 32 heavy (non-hydrogen) atoms. The lowest BCUT2D eigenvalue weighted by Crippen LogP contribution is -2.38. The Morgan fingerprint density at radius 2 is 1.91 bits per heavy atom. The fraction of sp³-hybridized carbons (Fsp3) is 0.375. The first-order valence-electron chi connectivity index (χ1n) is 11.1. The highest BCUT2D eigenvalue weighted by molar-refractivity contribution is 5.94. The Morgan fingerprint density at radius 3 is 2.72 bits per heavy atom. The van der Waals surface area contributed by atoms with Crippen LogP contribution in [0.15, 0.2) is 48.8 Å². The van der Waals surface area contributed by atoms with Gasteiger partial charge in [0.15, 0.2) is 5.69 Å². The Labute approximate surface area is 186 Å². The van der Waals surface area contributed by atoms with Crippen molar-refractivity contribution in [3.05, 3.63) is 76.9 Å². The lowest BCUT2D eigenvalue weighted by molar-refractivity contribution is 0.0714. The molecule has 0 aliphatic carbocycles. The Bertz CT molecular complexity index is 1140. The molecular formula is C24H26N6O2. The minimum atomic E-state index is -0.101. The summed E-state index contributed by atoms with van der Waals surface area (Å²) in [7, 11) is 0. The van der Waals surface area contributed by atoms with Gasteiger partial charge in [0.1, 0.15) is 0 Å². The van der Waals surface area contributed by atoms with E-state index >= 15 is 0 Å². The predicted octanol–water partition coefficient (Wildman–Crippen LogP) is 2.48. The molecular weight excluding hydrogens is 404 g/mol. The van der Waals surface area contributed by atoms with Crippen LogP contribution in [0.25, 0.3) is 0 Å². The first-order valence-corrected chi connectivity index (χ1v) is 11.1. The number of likely N-dealkylation sites (tertiary alicyclic amines) is 1. The quantitative estimate of drug-likeness (QED) is 0.635. The van der Waals surface area contributed by atoms with Crippen molar-refractivity contribution in [3.63, 3.8) is 0 Å². The van der Waals surface area contributed by atoms with Gasteiger partial charge in [-0.05, 0) is 49.4 Å². The second-order valence-electron chi connectivity index (χ2n) is 8.55. The van der Waals surface area contributed by atoms with Crippen molar-refractivity contribution in [2.45, 2.75) is 45.3 Å². The zero-order valence-electron chi connectivity index (χ0n) is 18.1. The van der Waals surface area contributed by atoms with Crippen molar-refractivity contribution in [2.75, 3.05) is 13.1 Å². The average molecular weight is 431 g/mol. The molecule has 0 bridgehead atoms. The maximum absolute atomic E-state index is 13.0. The van der Waals surface area contributed by atoms with Gasteiger partial charge in [-0.2, -0.15) is 0 Å². The summed E-state index contributed by atoms with van der Waals surface area (Å²) >= 11 is 0. The highest BCUT2D eigenvalue weighted by Gasteiger charge is 2.31. The molecule has 1 aromatic carbocycles. The van der Waals surface area contributed by atoms with Crippen LogP contribution in [-0.4, -0.2) is 60.7 Å². The number of nitrogens with zero attached hydrogens (tertiary/aromatic N) is 6. The predicted molar refractivity (Wildman–Crippen MR) is 118 cm³/mol. The Kier molecular flexibility index (Phi) is 5.43. The first kappa shape index (κ1) is 20.4. The molecule has 1 saturated heterocycles. The number of pyridine rings is 1. The van der Waals surface area contributed by atoms with Crippen LogP contribution in [0.5, 0.6) is 0 Å². The second-order valence-corrected chi connectivity index (χ2v) is 8.55. The summed E-state index contributed by atoms with van der Waals surface area (Å²) in [6.45, 7) is 4.41. The summed E-state index contributed by atoms with van der Waals surface area (Å²) in [4.78, 5) is 33.9. The zero-order chi connectivity index (χ0) is 22.1. The lowest BCUT2D eigenvalue weighted by atomic mass is 10.00. The number of aromatic nitrogens is 4. The van der Waals surface area contributed by atoms with E-state index in [0.29, 0.717) is 37.4 Å². The molecule has 2 aliphatic heterocycles. The van der Waals surface area contributed by atoms with E-state index in [4.69, 9.17) is 0 Å². The summed E-state index contributed by atoms with van der Waals surface area (Å²) < 4.78 is 1.69. The van der Waals surface area contributed by atoms with E-state index in [1.807, 2.05) is 41.0 Å². The molecule has 1 fully saturated rings. The third-order valence-corrected chi connectivity index (χ3v) is 6.37. The van der Waals surface area contributed by atoms with E-state index in [9.17, 15) is 9.59 Å². The lowest BCUT2D eigenvalue weighted by Gasteiger charge is -2.28. The Hall–Kier alpha value is -3.55. The van der Waals surface area contributed by atoms with Gasteiger partial charge in [-0.3, -0.25) is 14.6 Å². The number of hydrogen-bond donors (Lipinski definition) is 0. The molecule has 0 spiro atoms. The van der Waals surface area contributed by atoms with Crippen molar-refractivity contribution >= 4 is 11.8 Å². The summed E-state index contributed by atoms with van der Waals surface area (Å²) in [5.74, 6) is -0.112. The number of carbonyl (C=O) groups excluding carboxylic acids is 2. The summed E-state index contributed by atoms with van der Waals surface area (Å²) in [6, 6.07) is 11.9. The van der Waals surface area contributed by atoms with Gasteiger partial charge in [0.2, 0.25) is 0 Å². The number of rotatable bonds is 4. The van der Waals surface area contributed by atoms with Crippen LogP contribution < -0.4 is 0 Å². The fourth-order valence-electron chi connectivity index (χ4n) is 4.59. The number of carbonyl (C=O) groups is 2. The largest absolute Gasteiger partial charge is 0.334 e. The summed E-state index contributed by atoms with van der Waals surface area (Å²) in [6.07, 6.45) is 6.04. The van der Waals surface area contributed by atoms with Crippen LogP contribution in [0.1, 0.15) is 50.5 Å². The Balaban J connectivity index is 1.25. The monoisotopic (exact) mass is 430 g/mol. The molecule has 164 valence electrons. The molecule has 5 rings (SSSR count). The third-order valence-electron chi connectivity index (χ3n) is 6.37. The molecule has 0 saturated carbocycles. The number of hydrogen-bond acceptors (Lipinski definition) is 5. The minimum absolute atomic E-state index is 0.0107. The van der Waals surface area contributed by atoms with Crippen molar-refractivity contribution in [1.82, 2.24) is 29.8 Å². The molecule has 8 nitrogen and oxygen atoms in total. The molecule has 8 heteroatoms. The van der Waals surface area contributed by atoms with Crippen molar-refractivity contribution < 1.29 is 9.59 Å². The van der Waals surface area contributed by atoms with Crippen LogP contribution in [0.4, 0.5) is 0 Å². The number of fused-ring (bicyclic) bond motifs is 1. The highest BCUT2D eigenvalue weighted by Crippen LogP contribution is 2.22. The Morgan fingerprint density at radius 1 is 1.06 bits per heavy atom. The number of benzene rings is 1. The smallest absolute Gasteiger partial charge is 0.276 e. The number of aryl methyl sites for hydroxylation is 1. The van der Waals surface area contributed by atoms with Gasteiger partial charge in [0, 0.05) is 31.5 Å². The first-order chi connectivity index (χ1) is 15.6. The standard InChI is InChI=1S/C24H26N6O2/c1-17-8-9-19(13-25-17)23(31)30-11-4-7-21(30)15-29-16-22(26-27-29)24(32)28-12-10-18-5-2-3-6-20(18)14-28/h2-3,5-6,8-9,13,16,21H,4,7,10-12,14-15H2,1H3/t21-/m0/s1. The maximum Gasteiger partial charge on any atom is 0.276 e. The molecule has 3 aromatic rings. The summed E-state index contributed by atoms with van der Waals surface area (Å²) in [5.41, 5.74) is 4.32. The molecule has 2 aliphatic rings. The van der Waals surface area contributed by atoms with Gasteiger partial charge in [-0.15, -0.1) is 5.10 Å². The van der Waals surface area contributed by atoms with Crippen LogP contribution in [0, 0.1) is 6.92 Å². The van der Waals surface area contributed by atoms with Crippen LogP contribution in [-0.2, 0) is 19.5 Å². The molecule has 0 N–H and O–H groups in total. The maximum atomic E-state index is 13.0. The molecule has 0 radical (unpaired) electrons. The van der Waals surface area contributed by atoms with E-state index < -0.39 is 0 Å². The van der Waals surface area contributed by atoms with E-state index in [2.05, 4.69) is 27.4 Å². The summed E-state index contributed by atoms with van der Waals surface area (Å²) in [5, 5.41) is 8.32.